The van der Waals surface area contributed by atoms with Crippen LogP contribution in [0.1, 0.15) is 17.0 Å². The predicted octanol–water partition coefficient (Wildman–Crippen LogP) is 2.00. The van der Waals surface area contributed by atoms with E-state index in [1.165, 1.54) is 11.3 Å². The van der Waals surface area contributed by atoms with Gasteiger partial charge in [-0.3, -0.25) is 16.0 Å². The zero-order valence-corrected chi connectivity index (χ0v) is 12.0. The monoisotopic (exact) mass is 278 g/mol. The van der Waals surface area contributed by atoms with Gasteiger partial charge >= 0.3 is 0 Å². The van der Waals surface area contributed by atoms with Crippen molar-refractivity contribution >= 4 is 11.6 Å². The number of rotatable bonds is 5. The molecule has 0 saturated carbocycles. The van der Waals surface area contributed by atoms with E-state index in [9.17, 15) is 0 Å². The van der Waals surface area contributed by atoms with Gasteiger partial charge in [-0.15, -0.1) is 0 Å². The number of nitrogens with zero attached hydrogens (tertiary/aromatic N) is 2. The fourth-order valence-electron chi connectivity index (χ4n) is 2.25. The minimum absolute atomic E-state index is 0.160. The number of aryl methyl sites for hydroxylation is 2. The second-order valence-corrected chi connectivity index (χ2v) is 5.24. The number of hydrazine groups is 1. The molecule has 1 heterocycles. The number of hydrogen-bond donors (Lipinski definition) is 2. The van der Waals surface area contributed by atoms with E-state index in [2.05, 4.69) is 22.7 Å². The Morgan fingerprint density at radius 3 is 2.74 bits per heavy atom. The first kappa shape index (κ1) is 14.1. The minimum atomic E-state index is 0.160. The molecule has 102 valence electrons. The van der Waals surface area contributed by atoms with E-state index in [1.54, 1.807) is 0 Å². The maximum atomic E-state index is 5.99. The summed E-state index contributed by atoms with van der Waals surface area (Å²) >= 11 is 5.99. The van der Waals surface area contributed by atoms with Gasteiger partial charge in [-0.25, -0.2) is 0 Å². The van der Waals surface area contributed by atoms with Crippen LogP contribution in [0.15, 0.2) is 30.3 Å². The molecule has 0 saturated heterocycles. The Labute approximate surface area is 118 Å². The Hall–Kier alpha value is -1.36. The Morgan fingerprint density at radius 2 is 2.16 bits per heavy atom. The molecule has 19 heavy (non-hydrogen) atoms. The first-order valence-corrected chi connectivity index (χ1v) is 6.66. The summed E-state index contributed by atoms with van der Waals surface area (Å²) in [6.45, 7) is 1.99. The highest BCUT2D eigenvalue weighted by molar-refractivity contribution is 6.30. The van der Waals surface area contributed by atoms with Gasteiger partial charge < -0.3 is 0 Å². The molecular weight excluding hydrogens is 260 g/mol. The molecule has 0 aliphatic carbocycles. The Balaban J connectivity index is 2.06. The lowest BCUT2D eigenvalue weighted by Gasteiger charge is -2.16. The molecule has 1 unspecified atom stereocenters. The number of aromatic nitrogens is 2. The van der Waals surface area contributed by atoms with Crippen molar-refractivity contribution in [3.63, 3.8) is 0 Å². The van der Waals surface area contributed by atoms with Crippen molar-refractivity contribution in [1.82, 2.24) is 15.2 Å². The fourth-order valence-corrected chi connectivity index (χ4v) is 2.46. The molecule has 0 radical (unpaired) electrons. The fraction of sp³-hybridized carbons (Fsp3) is 0.357. The molecule has 1 aromatic heterocycles. The first-order chi connectivity index (χ1) is 9.08. The predicted molar refractivity (Wildman–Crippen MR) is 77.9 cm³/mol. The van der Waals surface area contributed by atoms with Crippen LogP contribution >= 0.6 is 11.6 Å². The molecule has 0 fully saturated rings. The average molecular weight is 279 g/mol. The summed E-state index contributed by atoms with van der Waals surface area (Å²) in [6.07, 6.45) is 1.67. The highest BCUT2D eigenvalue weighted by atomic mass is 35.5. The molecule has 2 rings (SSSR count). The SMILES string of the molecule is Cc1cc(CC(Cc2cccc(Cl)c2)NN)n(C)n1. The van der Waals surface area contributed by atoms with Crippen LogP contribution < -0.4 is 11.3 Å². The molecule has 0 spiro atoms. The second-order valence-electron chi connectivity index (χ2n) is 4.80. The minimum Gasteiger partial charge on any atom is -0.272 e. The maximum absolute atomic E-state index is 5.99. The van der Waals surface area contributed by atoms with Crippen LogP contribution in [0.25, 0.3) is 0 Å². The first-order valence-electron chi connectivity index (χ1n) is 6.28. The zero-order chi connectivity index (χ0) is 13.8. The van der Waals surface area contributed by atoms with Crippen LogP contribution in [0, 0.1) is 6.92 Å². The third-order valence-electron chi connectivity index (χ3n) is 3.16. The van der Waals surface area contributed by atoms with Crippen molar-refractivity contribution in [2.24, 2.45) is 12.9 Å². The summed E-state index contributed by atoms with van der Waals surface area (Å²) < 4.78 is 1.90. The normalized spacial score (nSPS) is 12.6. The lowest BCUT2D eigenvalue weighted by Crippen LogP contribution is -2.38. The molecule has 3 N–H and O–H groups in total. The van der Waals surface area contributed by atoms with E-state index < -0.39 is 0 Å². The summed E-state index contributed by atoms with van der Waals surface area (Å²) in [5.74, 6) is 5.65. The van der Waals surface area contributed by atoms with Crippen LogP contribution in [-0.2, 0) is 19.9 Å². The van der Waals surface area contributed by atoms with Crippen molar-refractivity contribution < 1.29 is 0 Å². The van der Waals surface area contributed by atoms with Gasteiger partial charge in [0.25, 0.3) is 0 Å². The molecular formula is C14H19ClN4. The van der Waals surface area contributed by atoms with E-state index in [0.29, 0.717) is 0 Å². The zero-order valence-electron chi connectivity index (χ0n) is 11.2. The van der Waals surface area contributed by atoms with Gasteiger partial charge in [0.15, 0.2) is 0 Å². The molecule has 0 aliphatic rings. The highest BCUT2D eigenvalue weighted by Crippen LogP contribution is 2.14. The number of halogens is 1. The van der Waals surface area contributed by atoms with Crippen LogP contribution in [0.4, 0.5) is 0 Å². The molecule has 5 heteroatoms. The smallest absolute Gasteiger partial charge is 0.0596 e. The van der Waals surface area contributed by atoms with E-state index in [0.717, 1.165) is 23.6 Å². The lowest BCUT2D eigenvalue weighted by atomic mass is 10.0. The molecule has 4 nitrogen and oxygen atoms in total. The lowest BCUT2D eigenvalue weighted by molar-refractivity contribution is 0.505. The maximum Gasteiger partial charge on any atom is 0.0596 e. The molecule has 1 atom stereocenters. The van der Waals surface area contributed by atoms with Gasteiger partial charge in [0.05, 0.1) is 5.69 Å². The van der Waals surface area contributed by atoms with Crippen LogP contribution in [0.5, 0.6) is 0 Å². The van der Waals surface area contributed by atoms with Crippen molar-refractivity contribution in [1.29, 1.82) is 0 Å². The molecule has 0 amide bonds. The van der Waals surface area contributed by atoms with Crippen molar-refractivity contribution in [3.05, 3.63) is 52.3 Å². The quantitative estimate of drug-likeness (QED) is 0.650. The molecule has 2 aromatic rings. The number of benzene rings is 1. The Kier molecular flexibility index (Phi) is 4.58. The van der Waals surface area contributed by atoms with Gasteiger partial charge in [-0.1, -0.05) is 23.7 Å². The second kappa shape index (κ2) is 6.19. The number of hydrogen-bond acceptors (Lipinski definition) is 3. The van der Waals surface area contributed by atoms with Gasteiger partial charge in [-0.05, 0) is 37.1 Å². The number of nitrogens with two attached hydrogens (primary N) is 1. The number of nitrogens with one attached hydrogen (secondary N) is 1. The van der Waals surface area contributed by atoms with E-state index >= 15 is 0 Å². The van der Waals surface area contributed by atoms with Crippen molar-refractivity contribution in [2.75, 3.05) is 0 Å². The van der Waals surface area contributed by atoms with Crippen molar-refractivity contribution in [3.8, 4) is 0 Å². The van der Waals surface area contributed by atoms with Gasteiger partial charge in [-0.2, -0.15) is 5.10 Å². The summed E-state index contributed by atoms with van der Waals surface area (Å²) in [4.78, 5) is 0. The van der Waals surface area contributed by atoms with Crippen LogP contribution in [-0.4, -0.2) is 15.8 Å². The van der Waals surface area contributed by atoms with Gasteiger partial charge in [0.2, 0.25) is 0 Å². The molecule has 1 aromatic carbocycles. The van der Waals surface area contributed by atoms with E-state index in [-0.39, 0.29) is 6.04 Å². The summed E-state index contributed by atoms with van der Waals surface area (Å²) in [7, 11) is 1.95. The van der Waals surface area contributed by atoms with Gasteiger partial charge in [0.1, 0.15) is 0 Å². The Bertz CT molecular complexity index is 550. The van der Waals surface area contributed by atoms with Crippen LogP contribution in [0.2, 0.25) is 5.02 Å². The average Bonchev–Trinajstić information content (AvgIpc) is 2.67. The van der Waals surface area contributed by atoms with E-state index in [4.69, 9.17) is 17.4 Å². The topological polar surface area (TPSA) is 55.9 Å². The third-order valence-corrected chi connectivity index (χ3v) is 3.40. The Morgan fingerprint density at radius 1 is 1.37 bits per heavy atom. The molecule has 0 bridgehead atoms. The van der Waals surface area contributed by atoms with Crippen molar-refractivity contribution in [2.45, 2.75) is 25.8 Å². The van der Waals surface area contributed by atoms with Gasteiger partial charge in [0, 0.05) is 30.2 Å². The summed E-state index contributed by atoms with van der Waals surface area (Å²) in [6, 6.07) is 10.1. The van der Waals surface area contributed by atoms with E-state index in [1.807, 2.05) is 36.9 Å². The summed E-state index contributed by atoms with van der Waals surface area (Å²) in [5.41, 5.74) is 6.24. The molecule has 0 aliphatic heterocycles. The third kappa shape index (κ3) is 3.80. The largest absolute Gasteiger partial charge is 0.272 e. The highest BCUT2D eigenvalue weighted by Gasteiger charge is 2.12. The standard InChI is InChI=1S/C14H19ClN4/c1-10-6-14(19(2)18-10)9-13(17-16)8-11-4-3-5-12(15)7-11/h3-7,13,17H,8-9,16H2,1-2H3. The van der Waals surface area contributed by atoms with Crippen LogP contribution in [0.3, 0.4) is 0 Å². The summed E-state index contributed by atoms with van der Waals surface area (Å²) in [5, 5.41) is 5.10.